The molecule has 0 aromatic heterocycles. The highest BCUT2D eigenvalue weighted by molar-refractivity contribution is 6.23. The van der Waals surface area contributed by atoms with Crippen molar-refractivity contribution in [1.82, 2.24) is 0 Å². The van der Waals surface area contributed by atoms with Crippen molar-refractivity contribution in [2.24, 2.45) is 41.4 Å². The maximum Gasteiger partial charge on any atom is 0.316 e. The van der Waals surface area contributed by atoms with Crippen molar-refractivity contribution >= 4 is 35.1 Å². The number of ether oxygens (including phenoxy) is 1. The number of amides is 3. The van der Waals surface area contributed by atoms with Gasteiger partial charge in [0.05, 0.1) is 23.4 Å². The standard InChI is InChI=1S/C31H30N2O5/c1-15-4-8-24(16(2)10-15)32-14-18(12-26(32)34)31(37)38-19-5-9-25(17(3)11-19)33-29(35)27-20-6-7-21(23-13-22(20)23)28(27)30(33)36/h4-11,18,20-23,27-28H,12-14H2,1-3H3/t18-,20+,21+,22+,23+,27-,28-/m1/s1. The molecule has 0 N–H and O–H groups in total. The number of esters is 1. The first kappa shape index (κ1) is 23.4. The largest absolute Gasteiger partial charge is 0.426 e. The lowest BCUT2D eigenvalue weighted by molar-refractivity contribution is -0.139. The lowest BCUT2D eigenvalue weighted by Crippen LogP contribution is -2.40. The van der Waals surface area contributed by atoms with Gasteiger partial charge in [0.2, 0.25) is 17.7 Å². The van der Waals surface area contributed by atoms with Crippen LogP contribution in [0.5, 0.6) is 5.75 Å². The molecule has 4 aliphatic carbocycles. The highest BCUT2D eigenvalue weighted by atomic mass is 16.5. The smallest absolute Gasteiger partial charge is 0.316 e. The van der Waals surface area contributed by atoms with Crippen molar-refractivity contribution < 1.29 is 23.9 Å². The summed E-state index contributed by atoms with van der Waals surface area (Å²) in [4.78, 5) is 55.7. The third-order valence-corrected chi connectivity index (χ3v) is 9.39. The number of hydrogen-bond donors (Lipinski definition) is 0. The van der Waals surface area contributed by atoms with Gasteiger partial charge in [-0.05, 0) is 86.3 Å². The first-order valence-corrected chi connectivity index (χ1v) is 13.5. The Labute approximate surface area is 221 Å². The molecule has 0 unspecified atom stereocenters. The van der Waals surface area contributed by atoms with Crippen LogP contribution in [-0.4, -0.2) is 30.2 Å². The van der Waals surface area contributed by atoms with Gasteiger partial charge in [0.15, 0.2) is 0 Å². The van der Waals surface area contributed by atoms with Crippen LogP contribution in [0.15, 0.2) is 48.6 Å². The second kappa shape index (κ2) is 8.13. The molecule has 3 amide bonds. The molecule has 6 aliphatic rings. The molecule has 2 aromatic carbocycles. The molecule has 2 aromatic rings. The van der Waals surface area contributed by atoms with E-state index in [2.05, 4.69) is 12.2 Å². The number of carbonyl (C=O) groups is 4. The minimum atomic E-state index is -0.567. The van der Waals surface area contributed by atoms with Crippen molar-refractivity contribution in [2.45, 2.75) is 33.6 Å². The predicted octanol–water partition coefficient (Wildman–Crippen LogP) is 4.13. The maximum atomic E-state index is 13.5. The van der Waals surface area contributed by atoms with E-state index >= 15 is 0 Å². The molecule has 0 radical (unpaired) electrons. The van der Waals surface area contributed by atoms with E-state index in [-0.39, 0.29) is 54.4 Å². The minimum absolute atomic E-state index is 0.0981. The van der Waals surface area contributed by atoms with Gasteiger partial charge in [-0.3, -0.25) is 19.2 Å². The Hall–Kier alpha value is -3.74. The van der Waals surface area contributed by atoms with Gasteiger partial charge < -0.3 is 9.64 Å². The fraction of sp³-hybridized carbons (Fsp3) is 0.419. The summed E-state index contributed by atoms with van der Waals surface area (Å²) in [5, 5.41) is 0. The van der Waals surface area contributed by atoms with Crippen molar-refractivity contribution in [3.8, 4) is 5.75 Å². The number of hydrogen-bond acceptors (Lipinski definition) is 5. The van der Waals surface area contributed by atoms with Crippen molar-refractivity contribution in [3.63, 3.8) is 0 Å². The Bertz CT molecular complexity index is 1420. The highest BCUT2D eigenvalue weighted by Crippen LogP contribution is 2.65. The summed E-state index contributed by atoms with van der Waals surface area (Å²) in [5.41, 5.74) is 4.17. The molecule has 38 heavy (non-hydrogen) atoms. The highest BCUT2D eigenvalue weighted by Gasteiger charge is 2.67. The number of nitrogens with zero attached hydrogens (tertiary/aromatic N) is 2. The van der Waals surface area contributed by atoms with Gasteiger partial charge in [-0.25, -0.2) is 4.90 Å². The molecule has 4 fully saturated rings. The zero-order valence-corrected chi connectivity index (χ0v) is 21.7. The van der Waals surface area contributed by atoms with Gasteiger partial charge in [-0.1, -0.05) is 29.8 Å². The average molecular weight is 511 g/mol. The van der Waals surface area contributed by atoms with Crippen LogP contribution in [-0.2, 0) is 19.2 Å². The Morgan fingerprint density at radius 1 is 0.842 bits per heavy atom. The van der Waals surface area contributed by atoms with E-state index in [0.29, 0.717) is 28.8 Å². The van der Waals surface area contributed by atoms with E-state index in [1.807, 2.05) is 39.0 Å². The van der Waals surface area contributed by atoms with Crippen molar-refractivity contribution in [3.05, 3.63) is 65.2 Å². The van der Waals surface area contributed by atoms with E-state index in [1.54, 1.807) is 23.1 Å². The molecule has 2 bridgehead atoms. The number of rotatable bonds is 4. The van der Waals surface area contributed by atoms with Crippen LogP contribution in [0.25, 0.3) is 0 Å². The molecule has 2 saturated carbocycles. The second-order valence-electron chi connectivity index (χ2n) is 11.7. The van der Waals surface area contributed by atoms with E-state index in [0.717, 1.165) is 23.2 Å². The molecule has 194 valence electrons. The summed E-state index contributed by atoms with van der Waals surface area (Å²) in [6, 6.07) is 10.9. The van der Waals surface area contributed by atoms with Crippen LogP contribution in [0, 0.1) is 62.2 Å². The Morgan fingerprint density at radius 3 is 2.11 bits per heavy atom. The molecule has 2 aliphatic heterocycles. The molecule has 2 saturated heterocycles. The van der Waals surface area contributed by atoms with Gasteiger partial charge in [0.25, 0.3) is 0 Å². The van der Waals surface area contributed by atoms with Crippen LogP contribution in [0.2, 0.25) is 0 Å². The maximum absolute atomic E-state index is 13.5. The van der Waals surface area contributed by atoms with Gasteiger partial charge in [0.1, 0.15) is 5.75 Å². The number of benzene rings is 2. The summed E-state index contributed by atoms with van der Waals surface area (Å²) in [5.74, 6) is -0.0333. The number of imide groups is 1. The monoisotopic (exact) mass is 510 g/mol. The molecule has 0 spiro atoms. The lowest BCUT2D eigenvalue weighted by Gasteiger charge is -2.37. The predicted molar refractivity (Wildman–Crippen MR) is 140 cm³/mol. The van der Waals surface area contributed by atoms with Gasteiger partial charge in [-0.2, -0.15) is 0 Å². The molecular weight excluding hydrogens is 480 g/mol. The van der Waals surface area contributed by atoms with Crippen LogP contribution < -0.4 is 14.5 Å². The topological polar surface area (TPSA) is 84.0 Å². The molecule has 7 atom stereocenters. The van der Waals surface area contributed by atoms with Gasteiger partial charge >= 0.3 is 5.97 Å². The molecule has 8 rings (SSSR count). The van der Waals surface area contributed by atoms with E-state index in [1.165, 1.54) is 4.90 Å². The summed E-state index contributed by atoms with van der Waals surface area (Å²) >= 11 is 0. The normalized spacial score (nSPS) is 32.6. The summed E-state index contributed by atoms with van der Waals surface area (Å²) in [7, 11) is 0. The SMILES string of the molecule is Cc1ccc(N2C[C@H](C(=O)Oc3ccc(N4C(=O)[C@@H]5[C@H]6C=C[C@@H]([C@@H]7C[C@@H]67)[C@H]5C4=O)c(C)c3)CC2=O)c(C)c1. The number of anilines is 2. The fourth-order valence-corrected chi connectivity index (χ4v) is 7.54. The first-order valence-electron chi connectivity index (χ1n) is 13.5. The van der Waals surface area contributed by atoms with Crippen LogP contribution in [0.1, 0.15) is 29.5 Å². The second-order valence-corrected chi connectivity index (χ2v) is 11.7. The zero-order valence-electron chi connectivity index (χ0n) is 21.7. The van der Waals surface area contributed by atoms with Crippen LogP contribution in [0.3, 0.4) is 0 Å². The van der Waals surface area contributed by atoms with Crippen molar-refractivity contribution in [2.75, 3.05) is 16.3 Å². The zero-order chi connectivity index (χ0) is 26.5. The Balaban J connectivity index is 1.06. The quantitative estimate of drug-likeness (QED) is 0.267. The van der Waals surface area contributed by atoms with Crippen LogP contribution >= 0.6 is 0 Å². The Kier molecular flexibility index (Phi) is 5.00. The van der Waals surface area contributed by atoms with Crippen molar-refractivity contribution in [1.29, 1.82) is 0 Å². The average Bonchev–Trinajstić information content (AvgIpc) is 3.56. The van der Waals surface area contributed by atoms with Crippen LogP contribution in [0.4, 0.5) is 11.4 Å². The number of carbonyl (C=O) groups excluding carboxylic acids is 4. The van der Waals surface area contributed by atoms with Gasteiger partial charge in [0, 0.05) is 18.7 Å². The first-order chi connectivity index (χ1) is 18.2. The lowest BCUT2D eigenvalue weighted by atomic mass is 9.63. The Morgan fingerprint density at radius 2 is 1.47 bits per heavy atom. The summed E-state index contributed by atoms with van der Waals surface area (Å²) in [6.45, 7) is 6.05. The fourth-order valence-electron chi connectivity index (χ4n) is 7.54. The number of allylic oxidation sites excluding steroid dienone is 2. The third kappa shape index (κ3) is 3.33. The van der Waals surface area contributed by atoms with E-state index < -0.39 is 11.9 Å². The molecular formula is C31H30N2O5. The van der Waals surface area contributed by atoms with E-state index in [4.69, 9.17) is 4.74 Å². The molecule has 7 nitrogen and oxygen atoms in total. The molecule has 2 heterocycles. The minimum Gasteiger partial charge on any atom is -0.426 e. The number of aryl methyl sites for hydroxylation is 3. The van der Waals surface area contributed by atoms with Gasteiger partial charge in [-0.15, -0.1) is 0 Å². The third-order valence-electron chi connectivity index (χ3n) is 9.39. The van der Waals surface area contributed by atoms with E-state index in [9.17, 15) is 19.2 Å². The summed E-state index contributed by atoms with van der Waals surface area (Å²) in [6.07, 6.45) is 5.56. The summed E-state index contributed by atoms with van der Waals surface area (Å²) < 4.78 is 5.67. The molecule has 7 heteroatoms.